The van der Waals surface area contributed by atoms with Gasteiger partial charge in [-0.1, -0.05) is 68.4 Å². The average Bonchev–Trinajstić information content (AvgIpc) is 2.56. The molecule has 0 spiro atoms. The molecule has 2 nitrogen and oxygen atoms in total. The van der Waals surface area contributed by atoms with Crippen LogP contribution in [-0.2, 0) is 9.53 Å². The minimum absolute atomic E-state index is 0.187. The Morgan fingerprint density at radius 3 is 1.62 bits per heavy atom. The summed E-state index contributed by atoms with van der Waals surface area (Å²) in [5.74, 6) is -0.187. The third-order valence-corrected chi connectivity index (χ3v) is 3.53. The first-order valence-corrected chi connectivity index (χ1v) is 9.50. The van der Waals surface area contributed by atoms with Gasteiger partial charge in [0.2, 0.25) is 0 Å². The second-order valence-corrected chi connectivity index (χ2v) is 5.92. The lowest BCUT2D eigenvalue weighted by Crippen LogP contribution is -1.99. The predicted octanol–water partition coefficient (Wildman–Crippen LogP) is 6.70. The molecular formula is C22H36O2. The van der Waals surface area contributed by atoms with Gasteiger partial charge in [-0.25, -0.2) is 0 Å². The van der Waals surface area contributed by atoms with Gasteiger partial charge in [0.1, 0.15) is 0 Å². The first-order valence-electron chi connectivity index (χ1n) is 9.50. The summed E-state index contributed by atoms with van der Waals surface area (Å²) in [5.41, 5.74) is 0. The standard InChI is InChI=1S/C22H36O2/c1-3-4-5-6-7-8-9-10-11-12-13-14-15-16-17-18-19-20-21-24-22(2)23/h7-8,10-11,13-14,16-17H,3-6,9,12,15,18-21H2,1-2H3. The number of allylic oxidation sites excluding steroid dienone is 8. The van der Waals surface area contributed by atoms with Crippen LogP contribution in [0.4, 0.5) is 0 Å². The van der Waals surface area contributed by atoms with Gasteiger partial charge in [0.05, 0.1) is 6.61 Å². The van der Waals surface area contributed by atoms with E-state index in [2.05, 4.69) is 55.5 Å². The number of ether oxygens (including phenoxy) is 1. The van der Waals surface area contributed by atoms with Crippen molar-refractivity contribution in [3.8, 4) is 0 Å². The molecule has 0 heterocycles. The summed E-state index contributed by atoms with van der Waals surface area (Å²) in [6.45, 7) is 4.24. The molecule has 0 bridgehead atoms. The van der Waals surface area contributed by atoms with Gasteiger partial charge >= 0.3 is 5.97 Å². The summed E-state index contributed by atoms with van der Waals surface area (Å²) in [4.78, 5) is 10.6. The van der Waals surface area contributed by atoms with Crippen LogP contribution in [-0.4, -0.2) is 12.6 Å². The third kappa shape index (κ3) is 20.4. The highest BCUT2D eigenvalue weighted by atomic mass is 16.5. The van der Waals surface area contributed by atoms with Crippen molar-refractivity contribution in [2.24, 2.45) is 0 Å². The van der Waals surface area contributed by atoms with E-state index in [4.69, 9.17) is 4.74 Å². The Balaban J connectivity index is 3.37. The smallest absolute Gasteiger partial charge is 0.302 e. The molecule has 0 saturated heterocycles. The molecule has 136 valence electrons. The fourth-order valence-corrected chi connectivity index (χ4v) is 2.14. The van der Waals surface area contributed by atoms with Crippen LogP contribution in [0, 0.1) is 0 Å². The van der Waals surface area contributed by atoms with E-state index in [1.54, 1.807) is 0 Å². The van der Waals surface area contributed by atoms with Crippen LogP contribution in [0.5, 0.6) is 0 Å². The molecule has 0 aromatic heterocycles. The molecule has 0 radical (unpaired) electrons. The normalized spacial score (nSPS) is 12.2. The molecule has 0 amide bonds. The molecule has 0 fully saturated rings. The highest BCUT2D eigenvalue weighted by Gasteiger charge is 1.91. The fraction of sp³-hybridized carbons (Fsp3) is 0.591. The molecule has 0 aromatic rings. The van der Waals surface area contributed by atoms with E-state index in [0.717, 1.165) is 38.5 Å². The third-order valence-electron chi connectivity index (χ3n) is 3.53. The van der Waals surface area contributed by atoms with Crippen LogP contribution in [0.3, 0.4) is 0 Å². The monoisotopic (exact) mass is 332 g/mol. The first kappa shape index (κ1) is 22.4. The summed E-state index contributed by atoms with van der Waals surface area (Å²) >= 11 is 0. The molecule has 0 aliphatic rings. The van der Waals surface area contributed by atoms with E-state index in [1.807, 2.05) is 0 Å². The Hall–Kier alpha value is -1.57. The van der Waals surface area contributed by atoms with Crippen molar-refractivity contribution in [2.75, 3.05) is 6.61 Å². The lowest BCUT2D eigenvalue weighted by Gasteiger charge is -1.99. The molecule has 0 aromatic carbocycles. The van der Waals surface area contributed by atoms with E-state index < -0.39 is 0 Å². The maximum absolute atomic E-state index is 10.6. The summed E-state index contributed by atoms with van der Waals surface area (Å²) < 4.78 is 4.89. The fourth-order valence-electron chi connectivity index (χ4n) is 2.14. The van der Waals surface area contributed by atoms with Crippen LogP contribution in [0.2, 0.25) is 0 Å². The Labute approximate surface area is 149 Å². The molecule has 2 heteroatoms. The van der Waals surface area contributed by atoms with Crippen LogP contribution in [0.25, 0.3) is 0 Å². The maximum atomic E-state index is 10.6. The number of hydrogen-bond donors (Lipinski definition) is 0. The second kappa shape index (κ2) is 19.5. The highest BCUT2D eigenvalue weighted by molar-refractivity contribution is 5.65. The molecule has 0 saturated carbocycles. The second-order valence-electron chi connectivity index (χ2n) is 5.92. The van der Waals surface area contributed by atoms with Crippen molar-refractivity contribution < 1.29 is 9.53 Å². The molecule has 0 aliphatic carbocycles. The van der Waals surface area contributed by atoms with Gasteiger partial charge in [0, 0.05) is 6.92 Å². The number of rotatable bonds is 15. The van der Waals surface area contributed by atoms with Crippen molar-refractivity contribution >= 4 is 5.97 Å². The number of hydrogen-bond acceptors (Lipinski definition) is 2. The minimum atomic E-state index is -0.187. The van der Waals surface area contributed by atoms with Gasteiger partial charge < -0.3 is 4.74 Å². The minimum Gasteiger partial charge on any atom is -0.466 e. The van der Waals surface area contributed by atoms with E-state index in [-0.39, 0.29) is 5.97 Å². The SMILES string of the molecule is CCCCCC=CCC=CCC=CCC=CCCCCOC(C)=O. The van der Waals surface area contributed by atoms with E-state index in [0.29, 0.717) is 6.61 Å². The number of carbonyl (C=O) groups is 1. The zero-order valence-corrected chi connectivity index (χ0v) is 15.7. The topological polar surface area (TPSA) is 26.3 Å². The molecule has 0 aliphatic heterocycles. The average molecular weight is 333 g/mol. The van der Waals surface area contributed by atoms with Gasteiger partial charge in [-0.05, 0) is 51.4 Å². The Bertz CT molecular complexity index is 389. The zero-order chi connectivity index (χ0) is 17.7. The number of unbranched alkanes of at least 4 members (excludes halogenated alkanes) is 5. The Kier molecular flexibility index (Phi) is 18.2. The molecule has 0 rings (SSSR count). The molecule has 0 atom stereocenters. The molecule has 0 N–H and O–H groups in total. The molecular weight excluding hydrogens is 296 g/mol. The zero-order valence-electron chi connectivity index (χ0n) is 15.7. The van der Waals surface area contributed by atoms with Crippen molar-refractivity contribution in [3.63, 3.8) is 0 Å². The maximum Gasteiger partial charge on any atom is 0.302 e. The van der Waals surface area contributed by atoms with Crippen LogP contribution in [0.15, 0.2) is 48.6 Å². The molecule has 24 heavy (non-hydrogen) atoms. The van der Waals surface area contributed by atoms with Gasteiger partial charge in [0.25, 0.3) is 0 Å². The van der Waals surface area contributed by atoms with Crippen molar-refractivity contribution in [1.29, 1.82) is 0 Å². The lowest BCUT2D eigenvalue weighted by molar-refractivity contribution is -0.141. The Morgan fingerprint density at radius 2 is 1.17 bits per heavy atom. The van der Waals surface area contributed by atoms with Crippen LogP contribution in [0.1, 0.15) is 78.1 Å². The highest BCUT2D eigenvalue weighted by Crippen LogP contribution is 2.01. The lowest BCUT2D eigenvalue weighted by atomic mass is 10.2. The van der Waals surface area contributed by atoms with E-state index >= 15 is 0 Å². The van der Waals surface area contributed by atoms with Gasteiger partial charge in [-0.3, -0.25) is 4.79 Å². The van der Waals surface area contributed by atoms with Crippen molar-refractivity contribution in [1.82, 2.24) is 0 Å². The predicted molar refractivity (Wildman–Crippen MR) is 105 cm³/mol. The molecule has 0 unspecified atom stereocenters. The van der Waals surface area contributed by atoms with Crippen LogP contribution < -0.4 is 0 Å². The van der Waals surface area contributed by atoms with E-state index in [9.17, 15) is 4.79 Å². The van der Waals surface area contributed by atoms with Gasteiger partial charge in [-0.15, -0.1) is 0 Å². The first-order chi connectivity index (χ1) is 11.8. The summed E-state index contributed by atoms with van der Waals surface area (Å²) in [5, 5.41) is 0. The Morgan fingerprint density at radius 1 is 0.708 bits per heavy atom. The number of carbonyl (C=O) groups excluding carboxylic acids is 1. The van der Waals surface area contributed by atoms with Gasteiger partial charge in [-0.2, -0.15) is 0 Å². The van der Waals surface area contributed by atoms with Crippen molar-refractivity contribution in [2.45, 2.75) is 78.1 Å². The summed E-state index contributed by atoms with van der Waals surface area (Å²) in [6, 6.07) is 0. The largest absolute Gasteiger partial charge is 0.466 e. The van der Waals surface area contributed by atoms with Crippen molar-refractivity contribution in [3.05, 3.63) is 48.6 Å². The summed E-state index contributed by atoms with van der Waals surface area (Å²) in [7, 11) is 0. The van der Waals surface area contributed by atoms with Gasteiger partial charge in [0.15, 0.2) is 0 Å². The number of esters is 1. The van der Waals surface area contributed by atoms with E-state index in [1.165, 1.54) is 32.6 Å². The van der Waals surface area contributed by atoms with Crippen LogP contribution >= 0.6 is 0 Å². The quantitative estimate of drug-likeness (QED) is 0.189. The summed E-state index contributed by atoms with van der Waals surface area (Å²) in [6.07, 6.45) is 29.2.